The normalized spacial score (nSPS) is 28.6. The Hall–Kier alpha value is -0.120. The Kier molecular flexibility index (Phi) is 6.45. The van der Waals surface area contributed by atoms with Crippen molar-refractivity contribution in [2.24, 2.45) is 11.8 Å². The van der Waals surface area contributed by atoms with Gasteiger partial charge in [0.15, 0.2) is 0 Å². The minimum atomic E-state index is 0.625. The van der Waals surface area contributed by atoms with Crippen LogP contribution in [0.1, 0.15) is 34.1 Å². The van der Waals surface area contributed by atoms with Crippen LogP contribution in [0.2, 0.25) is 0 Å². The van der Waals surface area contributed by atoms with Gasteiger partial charge in [0.1, 0.15) is 0 Å². The maximum atomic E-state index is 5.23. The molecule has 3 nitrogen and oxygen atoms in total. The highest BCUT2D eigenvalue weighted by atomic mass is 16.5. The van der Waals surface area contributed by atoms with E-state index in [0.717, 1.165) is 25.6 Å². The van der Waals surface area contributed by atoms with Crippen LogP contribution >= 0.6 is 0 Å². The van der Waals surface area contributed by atoms with Crippen molar-refractivity contribution in [3.63, 3.8) is 0 Å². The third kappa shape index (κ3) is 5.36. The average Bonchev–Trinajstić information content (AvgIpc) is 2.22. The van der Waals surface area contributed by atoms with Gasteiger partial charge in [-0.1, -0.05) is 20.8 Å². The van der Waals surface area contributed by atoms with Crippen LogP contribution in [0.5, 0.6) is 0 Å². The number of rotatable bonds is 6. The Balaban J connectivity index is 2.40. The molecule has 0 aromatic heterocycles. The minimum absolute atomic E-state index is 0.625. The molecule has 0 aromatic rings. The van der Waals surface area contributed by atoms with Gasteiger partial charge in [-0.3, -0.25) is 4.90 Å². The van der Waals surface area contributed by atoms with Crippen LogP contribution in [-0.4, -0.2) is 50.3 Å². The number of ether oxygens (including phenoxy) is 1. The lowest BCUT2D eigenvalue weighted by molar-refractivity contribution is 0.0835. The van der Waals surface area contributed by atoms with E-state index in [1.165, 1.54) is 13.0 Å². The molecular weight excluding hydrogens is 212 g/mol. The van der Waals surface area contributed by atoms with Gasteiger partial charge in [0.05, 0.1) is 0 Å². The summed E-state index contributed by atoms with van der Waals surface area (Å²) in [6, 6.07) is 1.32. The molecule has 0 radical (unpaired) electrons. The summed E-state index contributed by atoms with van der Waals surface area (Å²) in [5.74, 6) is 1.40. The van der Waals surface area contributed by atoms with E-state index >= 15 is 0 Å². The standard InChI is InChI=1S/C14H30N2O/c1-11(2)6-14-9-16(13(4)7-15-14)8-12(3)10-17-5/h11-15H,6-10H2,1-5H3. The van der Waals surface area contributed by atoms with E-state index in [1.807, 2.05) is 0 Å². The SMILES string of the molecule is COCC(C)CN1CC(CC(C)C)NCC1C. The summed E-state index contributed by atoms with van der Waals surface area (Å²) < 4.78 is 5.23. The van der Waals surface area contributed by atoms with Gasteiger partial charge in [0, 0.05) is 45.4 Å². The molecule has 0 amide bonds. The van der Waals surface area contributed by atoms with Crippen molar-refractivity contribution >= 4 is 0 Å². The van der Waals surface area contributed by atoms with Gasteiger partial charge in [-0.2, -0.15) is 0 Å². The second-order valence-corrected chi connectivity index (χ2v) is 6.10. The molecule has 0 saturated carbocycles. The van der Waals surface area contributed by atoms with Crippen molar-refractivity contribution in [2.75, 3.05) is 33.4 Å². The highest BCUT2D eigenvalue weighted by Gasteiger charge is 2.26. The van der Waals surface area contributed by atoms with Crippen LogP contribution < -0.4 is 5.32 Å². The molecule has 1 aliphatic heterocycles. The van der Waals surface area contributed by atoms with Gasteiger partial charge >= 0.3 is 0 Å². The molecule has 0 bridgehead atoms. The van der Waals surface area contributed by atoms with Gasteiger partial charge in [0.25, 0.3) is 0 Å². The summed E-state index contributed by atoms with van der Waals surface area (Å²) in [5, 5.41) is 3.66. The van der Waals surface area contributed by atoms with Crippen LogP contribution in [0.4, 0.5) is 0 Å². The molecule has 1 N–H and O–H groups in total. The summed E-state index contributed by atoms with van der Waals surface area (Å²) in [4.78, 5) is 2.62. The van der Waals surface area contributed by atoms with Crippen LogP contribution in [-0.2, 0) is 4.74 Å². The Morgan fingerprint density at radius 2 is 2.06 bits per heavy atom. The molecule has 3 heteroatoms. The third-order valence-corrected chi connectivity index (χ3v) is 3.53. The Morgan fingerprint density at radius 3 is 2.65 bits per heavy atom. The first kappa shape index (κ1) is 14.9. The van der Waals surface area contributed by atoms with Crippen molar-refractivity contribution in [1.82, 2.24) is 10.2 Å². The maximum Gasteiger partial charge on any atom is 0.0500 e. The second-order valence-electron chi connectivity index (χ2n) is 6.10. The van der Waals surface area contributed by atoms with E-state index in [-0.39, 0.29) is 0 Å². The molecule has 0 aromatic carbocycles. The Bertz CT molecular complexity index is 208. The zero-order valence-electron chi connectivity index (χ0n) is 12.2. The summed E-state index contributed by atoms with van der Waals surface area (Å²) in [5.41, 5.74) is 0. The lowest BCUT2D eigenvalue weighted by atomic mass is 9.99. The smallest absolute Gasteiger partial charge is 0.0500 e. The predicted molar refractivity (Wildman–Crippen MR) is 73.3 cm³/mol. The fourth-order valence-electron chi connectivity index (χ4n) is 2.71. The molecule has 102 valence electrons. The van der Waals surface area contributed by atoms with Crippen molar-refractivity contribution in [3.05, 3.63) is 0 Å². The molecular formula is C14H30N2O. The number of nitrogens with one attached hydrogen (secondary N) is 1. The fourth-order valence-corrected chi connectivity index (χ4v) is 2.71. The monoisotopic (exact) mass is 242 g/mol. The first-order valence-corrected chi connectivity index (χ1v) is 6.99. The van der Waals surface area contributed by atoms with E-state index in [1.54, 1.807) is 7.11 Å². The molecule has 0 aliphatic carbocycles. The van der Waals surface area contributed by atoms with Gasteiger partial charge in [-0.05, 0) is 25.2 Å². The van der Waals surface area contributed by atoms with E-state index in [4.69, 9.17) is 4.74 Å². The molecule has 3 unspecified atom stereocenters. The van der Waals surface area contributed by atoms with Gasteiger partial charge in [-0.15, -0.1) is 0 Å². The molecule has 1 fully saturated rings. The lowest BCUT2D eigenvalue weighted by Crippen LogP contribution is -2.56. The topological polar surface area (TPSA) is 24.5 Å². The summed E-state index contributed by atoms with van der Waals surface area (Å²) in [6.07, 6.45) is 1.28. The molecule has 1 saturated heterocycles. The van der Waals surface area contributed by atoms with Gasteiger partial charge < -0.3 is 10.1 Å². The molecule has 1 heterocycles. The lowest BCUT2D eigenvalue weighted by Gasteiger charge is -2.40. The summed E-state index contributed by atoms with van der Waals surface area (Å²) in [6.45, 7) is 13.5. The van der Waals surface area contributed by atoms with Gasteiger partial charge in [0.2, 0.25) is 0 Å². The third-order valence-electron chi connectivity index (χ3n) is 3.53. The first-order chi connectivity index (χ1) is 8.02. The summed E-state index contributed by atoms with van der Waals surface area (Å²) >= 11 is 0. The van der Waals surface area contributed by atoms with Crippen molar-refractivity contribution in [1.29, 1.82) is 0 Å². The highest BCUT2D eigenvalue weighted by molar-refractivity contribution is 4.85. The quantitative estimate of drug-likeness (QED) is 0.771. The van der Waals surface area contributed by atoms with E-state index in [2.05, 4.69) is 37.9 Å². The summed E-state index contributed by atoms with van der Waals surface area (Å²) in [7, 11) is 1.79. The van der Waals surface area contributed by atoms with E-state index in [0.29, 0.717) is 18.0 Å². The van der Waals surface area contributed by atoms with Crippen LogP contribution in [0.3, 0.4) is 0 Å². The average molecular weight is 242 g/mol. The molecule has 3 atom stereocenters. The molecule has 17 heavy (non-hydrogen) atoms. The van der Waals surface area contributed by atoms with Gasteiger partial charge in [-0.25, -0.2) is 0 Å². The van der Waals surface area contributed by atoms with Crippen molar-refractivity contribution < 1.29 is 4.74 Å². The number of hydrogen-bond acceptors (Lipinski definition) is 3. The molecule has 1 rings (SSSR count). The Morgan fingerprint density at radius 1 is 1.35 bits per heavy atom. The van der Waals surface area contributed by atoms with Crippen molar-refractivity contribution in [3.8, 4) is 0 Å². The fraction of sp³-hybridized carbons (Fsp3) is 1.00. The number of nitrogens with zero attached hydrogens (tertiary/aromatic N) is 1. The maximum absolute atomic E-state index is 5.23. The van der Waals surface area contributed by atoms with Crippen LogP contribution in [0.15, 0.2) is 0 Å². The largest absolute Gasteiger partial charge is 0.384 e. The number of piperazine rings is 1. The molecule has 1 aliphatic rings. The van der Waals surface area contributed by atoms with E-state index < -0.39 is 0 Å². The van der Waals surface area contributed by atoms with Crippen LogP contribution in [0, 0.1) is 11.8 Å². The number of hydrogen-bond donors (Lipinski definition) is 1. The zero-order chi connectivity index (χ0) is 12.8. The van der Waals surface area contributed by atoms with Crippen LogP contribution in [0.25, 0.3) is 0 Å². The van der Waals surface area contributed by atoms with E-state index in [9.17, 15) is 0 Å². The Labute approximate surface area is 107 Å². The predicted octanol–water partition coefficient (Wildman–Crippen LogP) is 1.98. The van der Waals surface area contributed by atoms with Crippen molar-refractivity contribution in [2.45, 2.75) is 46.2 Å². The highest BCUT2D eigenvalue weighted by Crippen LogP contribution is 2.14. The molecule has 0 spiro atoms. The first-order valence-electron chi connectivity index (χ1n) is 6.99. The minimum Gasteiger partial charge on any atom is -0.384 e. The zero-order valence-corrected chi connectivity index (χ0v) is 12.2. The second kappa shape index (κ2) is 7.34. The number of methoxy groups -OCH3 is 1.